The van der Waals surface area contributed by atoms with Gasteiger partial charge in [-0.25, -0.2) is 4.79 Å². The molecular formula is C10H8BrN3O3. The average Bonchev–Trinajstić information content (AvgIpc) is 2.67. The monoisotopic (exact) mass is 297 g/mol. The summed E-state index contributed by atoms with van der Waals surface area (Å²) in [5.74, 6) is -0.533. The van der Waals surface area contributed by atoms with Crippen molar-refractivity contribution in [3.8, 4) is 11.8 Å². The van der Waals surface area contributed by atoms with E-state index in [9.17, 15) is 4.79 Å². The largest absolute Gasteiger partial charge is 0.478 e. The SMILES string of the molecule is Cn1cnc(Oc2ccc(C(=O)O)cc2Br)n1. The van der Waals surface area contributed by atoms with Crippen molar-refractivity contribution in [2.24, 2.45) is 7.05 Å². The van der Waals surface area contributed by atoms with Crippen molar-refractivity contribution in [2.45, 2.75) is 0 Å². The van der Waals surface area contributed by atoms with Gasteiger partial charge in [-0.05, 0) is 34.1 Å². The molecule has 1 N–H and O–H groups in total. The van der Waals surface area contributed by atoms with Crippen molar-refractivity contribution in [2.75, 3.05) is 0 Å². The molecule has 1 aromatic carbocycles. The fraction of sp³-hybridized carbons (Fsp3) is 0.100. The molecular weight excluding hydrogens is 290 g/mol. The maximum atomic E-state index is 10.7. The first-order valence-electron chi connectivity index (χ1n) is 4.62. The molecule has 6 nitrogen and oxygen atoms in total. The Bertz CT molecular complexity index is 568. The van der Waals surface area contributed by atoms with Gasteiger partial charge >= 0.3 is 12.0 Å². The Morgan fingerprint density at radius 1 is 1.53 bits per heavy atom. The number of hydrogen-bond acceptors (Lipinski definition) is 4. The molecule has 0 radical (unpaired) electrons. The topological polar surface area (TPSA) is 77.2 Å². The Hall–Kier alpha value is -1.89. The Morgan fingerprint density at radius 3 is 2.82 bits per heavy atom. The summed E-state index contributed by atoms with van der Waals surface area (Å²) >= 11 is 3.23. The molecule has 7 heteroatoms. The van der Waals surface area contributed by atoms with E-state index < -0.39 is 5.97 Å². The number of carbonyl (C=O) groups is 1. The quantitative estimate of drug-likeness (QED) is 0.938. The zero-order valence-corrected chi connectivity index (χ0v) is 10.4. The summed E-state index contributed by atoms with van der Waals surface area (Å²) in [6, 6.07) is 4.66. The molecule has 0 aliphatic heterocycles. The van der Waals surface area contributed by atoms with Crippen LogP contribution in [0.1, 0.15) is 10.4 Å². The van der Waals surface area contributed by atoms with E-state index >= 15 is 0 Å². The van der Waals surface area contributed by atoms with Crippen LogP contribution in [-0.4, -0.2) is 25.8 Å². The van der Waals surface area contributed by atoms with Crippen LogP contribution in [0.3, 0.4) is 0 Å². The third-order valence-electron chi connectivity index (χ3n) is 1.96. The molecule has 17 heavy (non-hydrogen) atoms. The van der Waals surface area contributed by atoms with Crippen LogP contribution in [0.4, 0.5) is 0 Å². The number of aromatic carboxylic acids is 1. The third-order valence-corrected chi connectivity index (χ3v) is 2.58. The van der Waals surface area contributed by atoms with E-state index in [-0.39, 0.29) is 11.6 Å². The molecule has 0 spiro atoms. The van der Waals surface area contributed by atoms with Gasteiger partial charge in [0.25, 0.3) is 0 Å². The zero-order chi connectivity index (χ0) is 12.4. The van der Waals surface area contributed by atoms with Gasteiger partial charge in [-0.1, -0.05) is 0 Å². The maximum Gasteiger partial charge on any atom is 0.341 e. The lowest BCUT2D eigenvalue weighted by atomic mass is 10.2. The third kappa shape index (κ3) is 2.62. The fourth-order valence-electron chi connectivity index (χ4n) is 1.18. The molecule has 0 fully saturated rings. The molecule has 0 bridgehead atoms. The van der Waals surface area contributed by atoms with Crippen molar-refractivity contribution in [1.29, 1.82) is 0 Å². The van der Waals surface area contributed by atoms with Crippen molar-refractivity contribution in [3.05, 3.63) is 34.6 Å². The van der Waals surface area contributed by atoms with Crippen LogP contribution >= 0.6 is 15.9 Å². The minimum Gasteiger partial charge on any atom is -0.478 e. The standard InChI is InChI=1S/C10H8BrN3O3/c1-14-5-12-10(13-14)17-8-3-2-6(9(15)16)4-7(8)11/h2-5H,1H3,(H,15,16). The van der Waals surface area contributed by atoms with Crippen LogP contribution in [0.2, 0.25) is 0 Å². The second-order valence-electron chi connectivity index (χ2n) is 3.25. The average molecular weight is 298 g/mol. The normalized spacial score (nSPS) is 10.2. The predicted octanol–water partition coefficient (Wildman–Crippen LogP) is 2.07. The van der Waals surface area contributed by atoms with Gasteiger partial charge in [0.05, 0.1) is 10.0 Å². The Morgan fingerprint density at radius 2 is 2.29 bits per heavy atom. The molecule has 1 heterocycles. The number of halogens is 1. The van der Waals surface area contributed by atoms with E-state index in [0.29, 0.717) is 10.2 Å². The fourth-order valence-corrected chi connectivity index (χ4v) is 1.64. The molecule has 0 aliphatic rings. The van der Waals surface area contributed by atoms with Crippen molar-refractivity contribution < 1.29 is 14.6 Å². The summed E-state index contributed by atoms with van der Waals surface area (Å²) in [7, 11) is 1.72. The lowest BCUT2D eigenvalue weighted by Gasteiger charge is -2.04. The van der Waals surface area contributed by atoms with Crippen molar-refractivity contribution in [3.63, 3.8) is 0 Å². The number of aryl methyl sites for hydroxylation is 1. The van der Waals surface area contributed by atoms with Crippen molar-refractivity contribution in [1.82, 2.24) is 14.8 Å². The first-order chi connectivity index (χ1) is 8.06. The molecule has 0 saturated heterocycles. The second-order valence-corrected chi connectivity index (χ2v) is 4.11. The molecule has 0 saturated carbocycles. The number of benzene rings is 1. The van der Waals surface area contributed by atoms with Gasteiger partial charge in [0.2, 0.25) is 0 Å². The Balaban J connectivity index is 2.25. The van der Waals surface area contributed by atoms with E-state index in [2.05, 4.69) is 26.0 Å². The van der Waals surface area contributed by atoms with E-state index in [0.717, 1.165) is 0 Å². The number of carboxylic acids is 1. The molecule has 1 aromatic heterocycles. The number of carboxylic acid groups (broad SMARTS) is 1. The Labute approximate surface area is 105 Å². The van der Waals surface area contributed by atoms with Gasteiger partial charge in [0.15, 0.2) is 0 Å². The molecule has 0 amide bonds. The lowest BCUT2D eigenvalue weighted by Crippen LogP contribution is -1.97. The number of aromatic nitrogens is 3. The number of nitrogens with zero attached hydrogens (tertiary/aromatic N) is 3. The molecule has 2 aromatic rings. The van der Waals surface area contributed by atoms with Crippen LogP contribution in [0.15, 0.2) is 29.0 Å². The summed E-state index contributed by atoms with van der Waals surface area (Å²) in [6.45, 7) is 0. The van der Waals surface area contributed by atoms with Gasteiger partial charge in [0, 0.05) is 7.05 Å². The molecule has 0 aliphatic carbocycles. The first kappa shape index (κ1) is 11.6. The summed E-state index contributed by atoms with van der Waals surface area (Å²) in [6.07, 6.45) is 1.51. The minimum absolute atomic E-state index is 0.179. The summed E-state index contributed by atoms with van der Waals surface area (Å²) < 4.78 is 7.42. The molecule has 88 valence electrons. The van der Waals surface area contributed by atoms with Gasteiger partial charge < -0.3 is 9.84 Å². The number of rotatable bonds is 3. The highest BCUT2D eigenvalue weighted by Crippen LogP contribution is 2.28. The van der Waals surface area contributed by atoms with Crippen LogP contribution < -0.4 is 4.74 Å². The van der Waals surface area contributed by atoms with Gasteiger partial charge in [0.1, 0.15) is 12.1 Å². The summed E-state index contributed by atoms with van der Waals surface area (Å²) in [5.41, 5.74) is 0.179. The van der Waals surface area contributed by atoms with Crippen molar-refractivity contribution >= 4 is 21.9 Å². The second kappa shape index (κ2) is 4.54. The highest BCUT2D eigenvalue weighted by atomic mass is 79.9. The van der Waals surface area contributed by atoms with Crippen LogP contribution in [0.5, 0.6) is 11.8 Å². The van der Waals surface area contributed by atoms with E-state index in [1.807, 2.05) is 0 Å². The Kier molecular flexibility index (Phi) is 3.10. The van der Waals surface area contributed by atoms with Crippen LogP contribution in [0.25, 0.3) is 0 Å². The summed E-state index contributed by atoms with van der Waals surface area (Å²) in [5, 5.41) is 12.8. The zero-order valence-electron chi connectivity index (χ0n) is 8.79. The summed E-state index contributed by atoms with van der Waals surface area (Å²) in [4.78, 5) is 14.6. The van der Waals surface area contributed by atoms with E-state index in [1.54, 1.807) is 13.1 Å². The lowest BCUT2D eigenvalue weighted by molar-refractivity contribution is 0.0697. The number of hydrogen-bond donors (Lipinski definition) is 1. The smallest absolute Gasteiger partial charge is 0.341 e. The van der Waals surface area contributed by atoms with Gasteiger partial charge in [-0.2, -0.15) is 4.98 Å². The molecule has 2 rings (SSSR count). The molecule has 0 atom stereocenters. The van der Waals surface area contributed by atoms with E-state index in [4.69, 9.17) is 9.84 Å². The molecule has 0 unspecified atom stereocenters. The highest BCUT2D eigenvalue weighted by Gasteiger charge is 2.09. The first-order valence-corrected chi connectivity index (χ1v) is 5.42. The predicted molar refractivity (Wildman–Crippen MR) is 62.2 cm³/mol. The maximum absolute atomic E-state index is 10.7. The minimum atomic E-state index is -0.992. The van der Waals surface area contributed by atoms with Gasteiger partial charge in [-0.3, -0.25) is 4.68 Å². The van der Waals surface area contributed by atoms with E-state index in [1.165, 1.54) is 23.1 Å². The van der Waals surface area contributed by atoms with Crippen LogP contribution in [-0.2, 0) is 7.05 Å². The number of ether oxygens (including phenoxy) is 1. The van der Waals surface area contributed by atoms with Gasteiger partial charge in [-0.15, -0.1) is 5.10 Å². The highest BCUT2D eigenvalue weighted by molar-refractivity contribution is 9.10. The van der Waals surface area contributed by atoms with Crippen LogP contribution in [0, 0.1) is 0 Å².